The Hall–Kier alpha value is -1.89. The van der Waals surface area contributed by atoms with E-state index in [2.05, 4.69) is 10.6 Å². The van der Waals surface area contributed by atoms with Crippen LogP contribution >= 0.6 is 35.0 Å². The van der Waals surface area contributed by atoms with Crippen molar-refractivity contribution in [1.29, 1.82) is 0 Å². The molecule has 2 amide bonds. The Kier molecular flexibility index (Phi) is 7.63. The number of methoxy groups -OCH3 is 1. The Morgan fingerprint density at radius 2 is 1.77 bits per heavy atom. The second kappa shape index (κ2) is 9.71. The van der Waals surface area contributed by atoms with Crippen LogP contribution < -0.4 is 15.4 Å². The molecule has 138 valence electrons. The summed E-state index contributed by atoms with van der Waals surface area (Å²) in [6.45, 7) is 1.72. The van der Waals surface area contributed by atoms with Crippen LogP contribution in [0.3, 0.4) is 0 Å². The summed E-state index contributed by atoms with van der Waals surface area (Å²) in [5.74, 6) is 0.251. The molecule has 0 saturated heterocycles. The molecule has 0 aliphatic heterocycles. The maximum Gasteiger partial charge on any atom is 0.237 e. The molecule has 2 aromatic rings. The number of carbonyl (C=O) groups is 2. The van der Waals surface area contributed by atoms with Gasteiger partial charge in [0.2, 0.25) is 11.8 Å². The highest BCUT2D eigenvalue weighted by Gasteiger charge is 2.16. The van der Waals surface area contributed by atoms with E-state index in [0.29, 0.717) is 27.2 Å². The number of hydrogen-bond acceptors (Lipinski definition) is 4. The average molecular weight is 413 g/mol. The molecule has 0 unspecified atom stereocenters. The lowest BCUT2D eigenvalue weighted by molar-refractivity contribution is -0.115. The highest BCUT2D eigenvalue weighted by Crippen LogP contribution is 2.25. The van der Waals surface area contributed by atoms with Crippen molar-refractivity contribution in [2.24, 2.45) is 0 Å². The number of halogens is 2. The van der Waals surface area contributed by atoms with Gasteiger partial charge in [0.1, 0.15) is 5.75 Å². The molecule has 8 heteroatoms. The molecular formula is C18H18Cl2N2O3S. The lowest BCUT2D eigenvalue weighted by atomic mass is 10.3. The van der Waals surface area contributed by atoms with Crippen LogP contribution in [-0.4, -0.2) is 29.9 Å². The summed E-state index contributed by atoms with van der Waals surface area (Å²) in [7, 11) is 1.54. The minimum absolute atomic E-state index is 0.128. The molecule has 5 nitrogen and oxygen atoms in total. The third-order valence-electron chi connectivity index (χ3n) is 3.34. The van der Waals surface area contributed by atoms with Crippen molar-refractivity contribution in [3.05, 3.63) is 52.5 Å². The first kappa shape index (κ1) is 20.4. The monoisotopic (exact) mass is 412 g/mol. The molecule has 2 N–H and O–H groups in total. The molecular weight excluding hydrogens is 395 g/mol. The van der Waals surface area contributed by atoms with Crippen LogP contribution in [0, 0.1) is 0 Å². The molecule has 0 aliphatic rings. The molecule has 0 saturated carbocycles. The molecule has 0 bridgehead atoms. The largest absolute Gasteiger partial charge is 0.495 e. The zero-order valence-electron chi connectivity index (χ0n) is 14.2. The minimum atomic E-state index is -0.434. The lowest BCUT2D eigenvalue weighted by Gasteiger charge is -2.13. The fraction of sp³-hybridized carbons (Fsp3) is 0.222. The SMILES string of the molecule is COc1ccccc1NC(=O)CS[C@H](C)C(=O)Nc1cc(Cl)cc(Cl)c1. The first-order chi connectivity index (χ1) is 12.4. The molecule has 0 aromatic heterocycles. The Bertz CT molecular complexity index is 782. The molecule has 0 radical (unpaired) electrons. The zero-order chi connectivity index (χ0) is 19.1. The summed E-state index contributed by atoms with van der Waals surface area (Å²) >= 11 is 13.0. The number of carbonyl (C=O) groups excluding carboxylic acids is 2. The highest BCUT2D eigenvalue weighted by atomic mass is 35.5. The zero-order valence-corrected chi connectivity index (χ0v) is 16.5. The quantitative estimate of drug-likeness (QED) is 0.691. The fourth-order valence-corrected chi connectivity index (χ4v) is 3.29. The number of ether oxygens (including phenoxy) is 1. The minimum Gasteiger partial charge on any atom is -0.495 e. The van der Waals surface area contributed by atoms with Crippen LogP contribution in [0.15, 0.2) is 42.5 Å². The molecule has 0 heterocycles. The van der Waals surface area contributed by atoms with Gasteiger partial charge < -0.3 is 15.4 Å². The van der Waals surface area contributed by atoms with Crippen LogP contribution in [0.4, 0.5) is 11.4 Å². The summed E-state index contributed by atoms with van der Waals surface area (Å²) in [4.78, 5) is 24.3. The van der Waals surface area contributed by atoms with E-state index in [1.165, 1.54) is 18.9 Å². The maximum absolute atomic E-state index is 12.2. The van der Waals surface area contributed by atoms with Gasteiger partial charge in [-0.3, -0.25) is 9.59 Å². The molecule has 2 aromatic carbocycles. The van der Waals surface area contributed by atoms with Gasteiger partial charge in [-0.15, -0.1) is 11.8 Å². The number of hydrogen-bond donors (Lipinski definition) is 2. The Balaban J connectivity index is 1.86. The number of anilines is 2. The summed E-state index contributed by atoms with van der Waals surface area (Å²) < 4.78 is 5.19. The molecule has 1 atom stereocenters. The Labute approximate surface area is 166 Å². The van der Waals surface area contributed by atoms with Crippen LogP contribution in [0.2, 0.25) is 10.0 Å². The van der Waals surface area contributed by atoms with Gasteiger partial charge in [0.05, 0.1) is 23.8 Å². The highest BCUT2D eigenvalue weighted by molar-refractivity contribution is 8.01. The molecule has 26 heavy (non-hydrogen) atoms. The summed E-state index contributed by atoms with van der Waals surface area (Å²) in [5, 5.41) is 5.94. The maximum atomic E-state index is 12.2. The van der Waals surface area contributed by atoms with Gasteiger partial charge in [0.15, 0.2) is 0 Å². The lowest BCUT2D eigenvalue weighted by Crippen LogP contribution is -2.25. The third-order valence-corrected chi connectivity index (χ3v) is 4.92. The predicted molar refractivity (Wildman–Crippen MR) is 109 cm³/mol. The number of rotatable bonds is 7. The number of thioether (sulfide) groups is 1. The van der Waals surface area contributed by atoms with Crippen LogP contribution in [0.25, 0.3) is 0 Å². The van der Waals surface area contributed by atoms with Crippen molar-refractivity contribution in [2.75, 3.05) is 23.5 Å². The van der Waals surface area contributed by atoms with E-state index in [9.17, 15) is 9.59 Å². The standard InChI is InChI=1S/C18H18Cl2N2O3S/c1-11(18(24)21-14-8-12(19)7-13(20)9-14)26-10-17(23)22-15-5-3-4-6-16(15)25-2/h3-9,11H,10H2,1-2H3,(H,21,24)(H,22,23)/t11-/m1/s1. The summed E-state index contributed by atoms with van der Waals surface area (Å²) in [6.07, 6.45) is 0. The molecule has 2 rings (SSSR count). The summed E-state index contributed by atoms with van der Waals surface area (Å²) in [5.41, 5.74) is 1.10. The first-order valence-electron chi connectivity index (χ1n) is 7.70. The number of amides is 2. The van der Waals surface area contributed by atoms with Crippen LogP contribution in [0.1, 0.15) is 6.92 Å². The molecule has 0 spiro atoms. The topological polar surface area (TPSA) is 67.4 Å². The van der Waals surface area contributed by atoms with E-state index in [-0.39, 0.29) is 17.6 Å². The van der Waals surface area contributed by atoms with Gasteiger partial charge in [0.25, 0.3) is 0 Å². The normalized spacial score (nSPS) is 11.5. The Morgan fingerprint density at radius 1 is 1.12 bits per heavy atom. The van der Waals surface area contributed by atoms with Gasteiger partial charge in [-0.1, -0.05) is 35.3 Å². The smallest absolute Gasteiger partial charge is 0.237 e. The fourth-order valence-electron chi connectivity index (χ4n) is 2.08. The van der Waals surface area contributed by atoms with E-state index in [0.717, 1.165) is 0 Å². The van der Waals surface area contributed by atoms with Crippen molar-refractivity contribution in [3.63, 3.8) is 0 Å². The van der Waals surface area contributed by atoms with Gasteiger partial charge in [0, 0.05) is 15.7 Å². The number of para-hydroxylation sites is 2. The molecule has 0 aliphatic carbocycles. The first-order valence-corrected chi connectivity index (χ1v) is 9.51. The van der Waals surface area contributed by atoms with Gasteiger partial charge in [-0.25, -0.2) is 0 Å². The average Bonchev–Trinajstić information content (AvgIpc) is 2.59. The van der Waals surface area contributed by atoms with Crippen molar-refractivity contribution >= 4 is 58.2 Å². The summed E-state index contributed by atoms with van der Waals surface area (Å²) in [6, 6.07) is 11.9. The van der Waals surface area contributed by atoms with Gasteiger partial charge >= 0.3 is 0 Å². The predicted octanol–water partition coefficient (Wildman–Crippen LogP) is 4.70. The van der Waals surface area contributed by atoms with Crippen LogP contribution in [0.5, 0.6) is 5.75 Å². The van der Waals surface area contributed by atoms with Crippen molar-refractivity contribution in [3.8, 4) is 5.75 Å². The van der Waals surface area contributed by atoms with Gasteiger partial charge in [-0.05, 0) is 37.3 Å². The second-order valence-electron chi connectivity index (χ2n) is 5.35. The second-order valence-corrected chi connectivity index (χ2v) is 7.55. The van der Waals surface area contributed by atoms with E-state index in [4.69, 9.17) is 27.9 Å². The van der Waals surface area contributed by atoms with Gasteiger partial charge in [-0.2, -0.15) is 0 Å². The Morgan fingerprint density at radius 3 is 2.42 bits per heavy atom. The van der Waals surface area contributed by atoms with E-state index >= 15 is 0 Å². The van der Waals surface area contributed by atoms with Crippen molar-refractivity contribution in [1.82, 2.24) is 0 Å². The van der Waals surface area contributed by atoms with E-state index < -0.39 is 5.25 Å². The number of benzene rings is 2. The van der Waals surface area contributed by atoms with Crippen molar-refractivity contribution < 1.29 is 14.3 Å². The van der Waals surface area contributed by atoms with Crippen LogP contribution in [-0.2, 0) is 9.59 Å². The van der Waals surface area contributed by atoms with E-state index in [1.807, 2.05) is 6.07 Å². The van der Waals surface area contributed by atoms with E-state index in [1.54, 1.807) is 43.3 Å². The van der Waals surface area contributed by atoms with Crippen molar-refractivity contribution in [2.45, 2.75) is 12.2 Å². The third kappa shape index (κ3) is 6.12. The molecule has 0 fully saturated rings. The number of nitrogens with one attached hydrogen (secondary N) is 2.